The van der Waals surface area contributed by atoms with E-state index in [1.807, 2.05) is 18.2 Å². The van der Waals surface area contributed by atoms with Gasteiger partial charge in [0, 0.05) is 18.9 Å². The molecule has 23 heavy (non-hydrogen) atoms. The van der Waals surface area contributed by atoms with Crippen LogP contribution in [0.2, 0.25) is 0 Å². The van der Waals surface area contributed by atoms with E-state index in [2.05, 4.69) is 15.3 Å². The van der Waals surface area contributed by atoms with Crippen LogP contribution in [0.15, 0.2) is 47.4 Å². The molecule has 0 aliphatic rings. The Balaban J connectivity index is 1.73. The topological polar surface area (TPSA) is 84.1 Å². The maximum absolute atomic E-state index is 11.4. The first kappa shape index (κ1) is 15.4. The molecule has 6 nitrogen and oxygen atoms in total. The number of rotatable bonds is 5. The first-order valence-electron chi connectivity index (χ1n) is 7.02. The van der Waals surface area contributed by atoms with Crippen LogP contribution in [0, 0.1) is 0 Å². The van der Waals surface area contributed by atoms with Crippen molar-refractivity contribution in [2.75, 3.05) is 18.7 Å². The molecule has 0 saturated heterocycles. The lowest BCUT2D eigenvalue weighted by Gasteiger charge is -2.04. The number of nitrogens with one attached hydrogen (secondary N) is 2. The highest BCUT2D eigenvalue weighted by Crippen LogP contribution is 2.20. The number of aromatic amines is 1. The van der Waals surface area contributed by atoms with Gasteiger partial charge in [0.25, 0.3) is 0 Å². The van der Waals surface area contributed by atoms with E-state index in [4.69, 9.17) is 4.74 Å². The van der Waals surface area contributed by atoms with Gasteiger partial charge in [-0.1, -0.05) is 12.1 Å². The molecule has 0 bridgehead atoms. The number of hydrogen-bond donors (Lipinski definition) is 2. The highest BCUT2D eigenvalue weighted by molar-refractivity contribution is 7.90. The summed E-state index contributed by atoms with van der Waals surface area (Å²) in [5, 5.41) is 3.19. The van der Waals surface area contributed by atoms with Crippen molar-refractivity contribution < 1.29 is 13.2 Å². The van der Waals surface area contributed by atoms with Crippen LogP contribution in [0.5, 0.6) is 5.75 Å². The van der Waals surface area contributed by atoms with Gasteiger partial charge in [0.15, 0.2) is 9.84 Å². The number of fused-ring (bicyclic) bond motifs is 1. The lowest BCUT2D eigenvalue weighted by atomic mass is 10.2. The van der Waals surface area contributed by atoms with E-state index in [-0.39, 0.29) is 0 Å². The zero-order valence-electron chi connectivity index (χ0n) is 12.8. The fraction of sp³-hybridized carbons (Fsp3) is 0.188. The number of ether oxygens (including phenoxy) is 1. The molecule has 1 heterocycles. The highest BCUT2D eigenvalue weighted by atomic mass is 32.2. The number of aromatic nitrogens is 2. The van der Waals surface area contributed by atoms with Crippen LogP contribution in [-0.2, 0) is 16.4 Å². The summed E-state index contributed by atoms with van der Waals surface area (Å²) in [7, 11) is -1.54. The monoisotopic (exact) mass is 331 g/mol. The number of benzene rings is 2. The van der Waals surface area contributed by atoms with E-state index in [9.17, 15) is 8.42 Å². The van der Waals surface area contributed by atoms with Crippen LogP contribution in [0.25, 0.3) is 11.0 Å². The molecule has 0 aliphatic carbocycles. The SMILES string of the molecule is COc1ccc2nc(NCc3ccc(S(C)(=O)=O)cc3)[nH]c2c1. The van der Waals surface area contributed by atoms with Crippen LogP contribution in [0.4, 0.5) is 5.95 Å². The van der Waals surface area contributed by atoms with Crippen molar-refractivity contribution >= 4 is 26.8 Å². The summed E-state index contributed by atoms with van der Waals surface area (Å²) in [5.74, 6) is 1.42. The number of H-pyrrole nitrogens is 1. The van der Waals surface area contributed by atoms with Crippen molar-refractivity contribution in [1.29, 1.82) is 0 Å². The number of anilines is 1. The van der Waals surface area contributed by atoms with Gasteiger partial charge in [-0.15, -0.1) is 0 Å². The second-order valence-corrected chi connectivity index (χ2v) is 7.25. The van der Waals surface area contributed by atoms with Crippen molar-refractivity contribution in [3.8, 4) is 5.75 Å². The minimum Gasteiger partial charge on any atom is -0.497 e. The van der Waals surface area contributed by atoms with Crippen LogP contribution < -0.4 is 10.1 Å². The summed E-state index contributed by atoms with van der Waals surface area (Å²) < 4.78 is 28.1. The van der Waals surface area contributed by atoms with Gasteiger partial charge in [0.1, 0.15) is 5.75 Å². The largest absolute Gasteiger partial charge is 0.497 e. The van der Waals surface area contributed by atoms with E-state index in [1.165, 1.54) is 6.26 Å². The first-order valence-corrected chi connectivity index (χ1v) is 8.91. The second kappa shape index (κ2) is 5.92. The molecule has 7 heteroatoms. The molecule has 2 aromatic carbocycles. The molecule has 0 radical (unpaired) electrons. The molecule has 0 unspecified atom stereocenters. The summed E-state index contributed by atoms with van der Waals surface area (Å²) in [6.45, 7) is 0.543. The van der Waals surface area contributed by atoms with Gasteiger partial charge in [-0.05, 0) is 29.8 Å². The number of sulfone groups is 1. The Labute approximate surface area is 134 Å². The van der Waals surface area contributed by atoms with Crippen molar-refractivity contribution in [3.05, 3.63) is 48.0 Å². The zero-order valence-corrected chi connectivity index (χ0v) is 13.6. The molecular weight excluding hydrogens is 314 g/mol. The molecule has 0 atom stereocenters. The second-order valence-electron chi connectivity index (χ2n) is 5.24. The minimum atomic E-state index is -3.16. The molecule has 3 aromatic rings. The van der Waals surface area contributed by atoms with Gasteiger partial charge in [0.2, 0.25) is 5.95 Å². The molecule has 0 spiro atoms. The Morgan fingerprint density at radius 3 is 2.57 bits per heavy atom. The Morgan fingerprint density at radius 2 is 1.91 bits per heavy atom. The Kier molecular flexibility index (Phi) is 3.96. The lowest BCUT2D eigenvalue weighted by Crippen LogP contribution is -2.02. The quantitative estimate of drug-likeness (QED) is 0.751. The minimum absolute atomic E-state index is 0.317. The molecule has 2 N–H and O–H groups in total. The van der Waals surface area contributed by atoms with Crippen LogP contribution in [0.1, 0.15) is 5.56 Å². The van der Waals surface area contributed by atoms with E-state index >= 15 is 0 Å². The Bertz CT molecular complexity index is 931. The van der Waals surface area contributed by atoms with Gasteiger partial charge in [-0.2, -0.15) is 0 Å². The summed E-state index contributed by atoms with van der Waals surface area (Å²) >= 11 is 0. The number of imidazole rings is 1. The molecule has 0 amide bonds. The van der Waals surface area contributed by atoms with Crippen molar-refractivity contribution in [2.45, 2.75) is 11.4 Å². The van der Waals surface area contributed by atoms with Gasteiger partial charge >= 0.3 is 0 Å². The Hall–Kier alpha value is -2.54. The fourth-order valence-electron chi connectivity index (χ4n) is 2.24. The van der Waals surface area contributed by atoms with Crippen LogP contribution >= 0.6 is 0 Å². The molecule has 3 rings (SSSR count). The maximum Gasteiger partial charge on any atom is 0.201 e. The Morgan fingerprint density at radius 1 is 1.17 bits per heavy atom. The fourth-order valence-corrected chi connectivity index (χ4v) is 2.87. The van der Waals surface area contributed by atoms with Crippen molar-refractivity contribution in [1.82, 2.24) is 9.97 Å². The lowest BCUT2D eigenvalue weighted by molar-refractivity contribution is 0.415. The molecule has 0 saturated carbocycles. The predicted molar refractivity (Wildman–Crippen MR) is 89.5 cm³/mol. The van der Waals surface area contributed by atoms with Gasteiger partial charge in [-0.25, -0.2) is 13.4 Å². The number of hydrogen-bond acceptors (Lipinski definition) is 5. The summed E-state index contributed by atoms with van der Waals surface area (Å²) in [5.41, 5.74) is 2.70. The average Bonchev–Trinajstić information content (AvgIpc) is 2.94. The third-order valence-electron chi connectivity index (χ3n) is 3.50. The van der Waals surface area contributed by atoms with E-state index in [1.54, 1.807) is 31.4 Å². The average molecular weight is 331 g/mol. The smallest absolute Gasteiger partial charge is 0.201 e. The molecule has 1 aromatic heterocycles. The van der Waals surface area contributed by atoms with E-state index < -0.39 is 9.84 Å². The molecule has 120 valence electrons. The van der Waals surface area contributed by atoms with E-state index in [0.717, 1.165) is 22.3 Å². The molecular formula is C16H17N3O3S. The van der Waals surface area contributed by atoms with Crippen molar-refractivity contribution in [3.63, 3.8) is 0 Å². The van der Waals surface area contributed by atoms with Gasteiger partial charge in [0.05, 0.1) is 23.0 Å². The van der Waals surface area contributed by atoms with Crippen LogP contribution in [0.3, 0.4) is 0 Å². The third kappa shape index (κ3) is 3.45. The third-order valence-corrected chi connectivity index (χ3v) is 4.63. The summed E-state index contributed by atoms with van der Waals surface area (Å²) in [6.07, 6.45) is 1.20. The normalized spacial score (nSPS) is 11.6. The summed E-state index contributed by atoms with van der Waals surface area (Å²) in [6, 6.07) is 12.4. The maximum atomic E-state index is 11.4. The van der Waals surface area contributed by atoms with E-state index in [0.29, 0.717) is 17.4 Å². The molecule has 0 fully saturated rings. The number of nitrogens with zero attached hydrogens (tertiary/aromatic N) is 1. The predicted octanol–water partition coefficient (Wildman–Crippen LogP) is 2.59. The van der Waals surface area contributed by atoms with Crippen molar-refractivity contribution in [2.24, 2.45) is 0 Å². The van der Waals surface area contributed by atoms with Crippen LogP contribution in [-0.4, -0.2) is 31.8 Å². The standard InChI is InChI=1S/C16H17N3O3S/c1-22-12-5-8-14-15(9-12)19-16(18-14)17-10-11-3-6-13(7-4-11)23(2,20)21/h3-9H,10H2,1-2H3,(H2,17,18,19). The van der Waals surface area contributed by atoms with Gasteiger partial charge < -0.3 is 15.0 Å². The highest BCUT2D eigenvalue weighted by Gasteiger charge is 2.07. The molecule has 0 aliphatic heterocycles. The van der Waals surface area contributed by atoms with Gasteiger partial charge in [-0.3, -0.25) is 0 Å². The zero-order chi connectivity index (χ0) is 16.4. The number of methoxy groups -OCH3 is 1. The summed E-state index contributed by atoms with van der Waals surface area (Å²) in [4.78, 5) is 7.94. The first-order chi connectivity index (χ1) is 11.0.